The number of carbonyl (C=O) groups excluding carboxylic acids is 1. The molecule has 2 unspecified atom stereocenters. The molecule has 0 fully saturated rings. The molecule has 1 nitrogen and oxygen atoms in total. The third-order valence-corrected chi connectivity index (χ3v) is 2.61. The van der Waals surface area contributed by atoms with Crippen LogP contribution in [0.15, 0.2) is 10.6 Å². The molecule has 0 heterocycles. The van der Waals surface area contributed by atoms with Crippen LogP contribution in [-0.2, 0) is 4.79 Å². The molecular weight excluding hydrogens is 203 g/mol. The van der Waals surface area contributed by atoms with Crippen molar-refractivity contribution in [2.75, 3.05) is 0 Å². The van der Waals surface area contributed by atoms with E-state index >= 15 is 0 Å². The van der Waals surface area contributed by atoms with Gasteiger partial charge in [0.05, 0.1) is 4.48 Å². The summed E-state index contributed by atoms with van der Waals surface area (Å²) in [6.07, 6.45) is 1.83. The van der Waals surface area contributed by atoms with E-state index in [1.807, 2.05) is 13.0 Å². The van der Waals surface area contributed by atoms with Crippen molar-refractivity contribution in [1.82, 2.24) is 0 Å². The fourth-order valence-electron chi connectivity index (χ4n) is 0.768. The topological polar surface area (TPSA) is 17.1 Å². The molecule has 1 aliphatic carbocycles. The van der Waals surface area contributed by atoms with E-state index in [0.29, 0.717) is 4.48 Å². The monoisotopic (exact) mass is 208 g/mol. The Kier molecular flexibility index (Phi) is 1.97. The zero-order valence-corrected chi connectivity index (χ0v) is 7.24. The van der Waals surface area contributed by atoms with Crippen molar-refractivity contribution in [2.24, 2.45) is 5.92 Å². The summed E-state index contributed by atoms with van der Waals surface area (Å²) in [5.41, 5.74) is 0. The Morgan fingerprint density at radius 1 is 1.78 bits per heavy atom. The highest BCUT2D eigenvalue weighted by Crippen LogP contribution is 2.28. The minimum absolute atomic E-state index is 0.00386. The van der Waals surface area contributed by atoms with Crippen LogP contribution < -0.4 is 0 Å². The Balaban J connectivity index is 2.82. The van der Waals surface area contributed by atoms with Crippen LogP contribution in [0.4, 0.5) is 0 Å². The minimum Gasteiger partial charge on any atom is -0.292 e. The molecule has 0 aromatic heterocycles. The second-order valence-corrected chi connectivity index (χ2v) is 3.46. The Morgan fingerprint density at radius 3 is 2.44 bits per heavy atom. The van der Waals surface area contributed by atoms with Gasteiger partial charge in [-0.05, 0) is 21.8 Å². The number of ketones is 1. The van der Waals surface area contributed by atoms with Crippen molar-refractivity contribution in [1.29, 1.82) is 0 Å². The lowest BCUT2D eigenvalue weighted by molar-refractivity contribution is -0.114. The molecule has 0 spiro atoms. The van der Waals surface area contributed by atoms with Crippen LogP contribution in [0.5, 0.6) is 0 Å². The average Bonchev–Trinajstić information content (AvgIpc) is 1.98. The van der Waals surface area contributed by atoms with E-state index in [0.717, 1.165) is 0 Å². The maximum absolute atomic E-state index is 10.9. The highest BCUT2D eigenvalue weighted by atomic mass is 79.9. The van der Waals surface area contributed by atoms with Crippen molar-refractivity contribution in [3.63, 3.8) is 0 Å². The molecule has 0 N–H and O–H groups in total. The molecular formula is C6H6BrClO. The predicted octanol–water partition coefficient (Wildman–Crippen LogP) is 2.09. The lowest BCUT2D eigenvalue weighted by atomic mass is 10.1. The zero-order chi connectivity index (χ0) is 7.02. The van der Waals surface area contributed by atoms with Gasteiger partial charge in [-0.25, -0.2) is 0 Å². The molecule has 0 saturated carbocycles. The summed E-state index contributed by atoms with van der Waals surface area (Å²) in [7, 11) is 0. The van der Waals surface area contributed by atoms with E-state index in [-0.39, 0.29) is 17.1 Å². The minimum atomic E-state index is -0.348. The zero-order valence-electron chi connectivity index (χ0n) is 4.90. The van der Waals surface area contributed by atoms with Gasteiger partial charge in [0.1, 0.15) is 5.38 Å². The summed E-state index contributed by atoms with van der Waals surface area (Å²) in [4.78, 5) is 10.9. The van der Waals surface area contributed by atoms with Crippen molar-refractivity contribution in [3.8, 4) is 0 Å². The van der Waals surface area contributed by atoms with E-state index in [4.69, 9.17) is 11.6 Å². The molecule has 0 radical (unpaired) electrons. The second-order valence-electron chi connectivity index (χ2n) is 2.14. The smallest absolute Gasteiger partial charge is 0.187 e. The summed E-state index contributed by atoms with van der Waals surface area (Å²) in [5, 5.41) is -0.348. The summed E-state index contributed by atoms with van der Waals surface area (Å²) in [6.45, 7) is 1.92. The van der Waals surface area contributed by atoms with Gasteiger partial charge in [-0.1, -0.05) is 13.0 Å². The molecule has 1 aliphatic rings. The Labute approximate surface area is 67.2 Å². The van der Waals surface area contributed by atoms with Gasteiger partial charge in [0, 0.05) is 0 Å². The number of allylic oxidation sites excluding steroid dienone is 2. The fourth-order valence-corrected chi connectivity index (χ4v) is 1.75. The first-order chi connectivity index (χ1) is 4.13. The van der Waals surface area contributed by atoms with Crippen LogP contribution in [-0.4, -0.2) is 11.2 Å². The largest absolute Gasteiger partial charge is 0.292 e. The fraction of sp³-hybridized carbons (Fsp3) is 0.500. The predicted molar refractivity (Wildman–Crippen MR) is 40.8 cm³/mol. The van der Waals surface area contributed by atoms with E-state index in [1.54, 1.807) is 0 Å². The van der Waals surface area contributed by atoms with E-state index < -0.39 is 0 Å². The van der Waals surface area contributed by atoms with Crippen LogP contribution in [0.3, 0.4) is 0 Å². The number of rotatable bonds is 0. The van der Waals surface area contributed by atoms with E-state index in [2.05, 4.69) is 15.9 Å². The van der Waals surface area contributed by atoms with E-state index in [1.165, 1.54) is 0 Å². The first-order valence-corrected chi connectivity index (χ1v) is 3.91. The third kappa shape index (κ3) is 1.19. The number of alkyl halides is 1. The summed E-state index contributed by atoms with van der Waals surface area (Å²) in [6, 6.07) is 0. The Morgan fingerprint density at radius 2 is 2.33 bits per heavy atom. The summed E-state index contributed by atoms with van der Waals surface area (Å²) >= 11 is 8.79. The highest BCUT2D eigenvalue weighted by Gasteiger charge is 2.29. The molecule has 9 heavy (non-hydrogen) atoms. The molecule has 3 heteroatoms. The van der Waals surface area contributed by atoms with Gasteiger partial charge in [0.2, 0.25) is 0 Å². The number of carbonyl (C=O) groups is 1. The Bertz CT molecular complexity index is 176. The van der Waals surface area contributed by atoms with Crippen LogP contribution in [0.1, 0.15) is 6.92 Å². The molecule has 0 saturated heterocycles. The van der Waals surface area contributed by atoms with Crippen LogP contribution in [0, 0.1) is 5.92 Å². The standard InChI is InChI=1S/C6H6BrClO/c1-3-2-4(7)6(9)5(3)8/h2-3,5H,1H3. The lowest BCUT2D eigenvalue weighted by Crippen LogP contribution is -2.13. The number of hydrogen-bond acceptors (Lipinski definition) is 1. The number of halogens is 2. The van der Waals surface area contributed by atoms with Gasteiger partial charge in [-0.15, -0.1) is 11.6 Å². The third-order valence-electron chi connectivity index (χ3n) is 1.36. The van der Waals surface area contributed by atoms with Crippen molar-refractivity contribution in [2.45, 2.75) is 12.3 Å². The maximum Gasteiger partial charge on any atom is 0.187 e. The lowest BCUT2D eigenvalue weighted by Gasteiger charge is -2.01. The van der Waals surface area contributed by atoms with Gasteiger partial charge in [-0.2, -0.15) is 0 Å². The normalized spacial score (nSPS) is 35.0. The molecule has 1 rings (SSSR count). The molecule has 0 aliphatic heterocycles. The number of hydrogen-bond donors (Lipinski definition) is 0. The first-order valence-electron chi connectivity index (χ1n) is 2.68. The summed E-state index contributed by atoms with van der Waals surface area (Å²) in [5.74, 6) is 0.178. The maximum atomic E-state index is 10.9. The molecule has 0 amide bonds. The van der Waals surface area contributed by atoms with Crippen molar-refractivity contribution in [3.05, 3.63) is 10.6 Å². The van der Waals surface area contributed by atoms with Crippen LogP contribution in [0.2, 0.25) is 0 Å². The van der Waals surface area contributed by atoms with Gasteiger partial charge >= 0.3 is 0 Å². The van der Waals surface area contributed by atoms with E-state index in [9.17, 15) is 4.79 Å². The molecule has 0 aromatic rings. The summed E-state index contributed by atoms with van der Waals surface area (Å²) < 4.78 is 0.620. The van der Waals surface area contributed by atoms with Crippen LogP contribution >= 0.6 is 27.5 Å². The molecule has 2 atom stereocenters. The quantitative estimate of drug-likeness (QED) is 0.559. The van der Waals surface area contributed by atoms with Crippen molar-refractivity contribution < 1.29 is 4.79 Å². The molecule has 50 valence electrons. The van der Waals surface area contributed by atoms with Gasteiger partial charge in [-0.3, -0.25) is 4.79 Å². The van der Waals surface area contributed by atoms with Gasteiger partial charge in [0.25, 0.3) is 0 Å². The average molecular weight is 209 g/mol. The highest BCUT2D eigenvalue weighted by molar-refractivity contribution is 9.12. The SMILES string of the molecule is CC1C=C(Br)C(=O)C1Cl. The first kappa shape index (κ1) is 7.29. The Hall–Kier alpha value is 0.180. The molecule has 0 bridgehead atoms. The molecule has 0 aromatic carbocycles. The second kappa shape index (κ2) is 2.43. The van der Waals surface area contributed by atoms with Crippen LogP contribution in [0.25, 0.3) is 0 Å². The van der Waals surface area contributed by atoms with Crippen molar-refractivity contribution >= 4 is 33.3 Å². The van der Waals surface area contributed by atoms with Gasteiger partial charge in [0.15, 0.2) is 5.78 Å². The van der Waals surface area contributed by atoms with Gasteiger partial charge < -0.3 is 0 Å². The number of Topliss-reactive ketones (excluding diaryl/α,β-unsaturated/α-hetero) is 1.